The van der Waals surface area contributed by atoms with E-state index < -0.39 is 17.4 Å². The Bertz CT molecular complexity index is 1660. The molecule has 3 heterocycles. The van der Waals surface area contributed by atoms with Gasteiger partial charge in [-0.2, -0.15) is 0 Å². The SMILES string of the molecule is C[C@@H](/C=C/CC(=O)N1Cc2ccccc2C[C@H]1CO)[C@]1(O)C(=O)N(Cc2cccc(N3CCCCC3=O)c2)c2ccc(Br)cc21. The summed E-state index contributed by atoms with van der Waals surface area (Å²) in [6.07, 6.45) is 6.54. The summed E-state index contributed by atoms with van der Waals surface area (Å²) in [6.45, 7) is 3.02. The van der Waals surface area contributed by atoms with Crippen molar-refractivity contribution < 1.29 is 24.6 Å². The fourth-order valence-corrected chi connectivity index (χ4v) is 7.19. The van der Waals surface area contributed by atoms with Crippen LogP contribution in [0.2, 0.25) is 0 Å². The van der Waals surface area contributed by atoms with Gasteiger partial charge in [0.15, 0.2) is 5.60 Å². The van der Waals surface area contributed by atoms with E-state index in [0.717, 1.165) is 39.7 Å². The van der Waals surface area contributed by atoms with Crippen LogP contribution in [0.15, 0.2) is 83.4 Å². The smallest absolute Gasteiger partial charge is 0.264 e. The molecule has 2 N–H and O–H groups in total. The lowest BCUT2D eigenvalue weighted by Gasteiger charge is -2.36. The first-order chi connectivity index (χ1) is 21.7. The van der Waals surface area contributed by atoms with Crippen molar-refractivity contribution in [2.45, 2.75) is 63.8 Å². The normalized spacial score (nSPS) is 22.1. The van der Waals surface area contributed by atoms with Crippen LogP contribution in [-0.4, -0.2) is 52.0 Å². The first kappa shape index (κ1) is 31.2. The van der Waals surface area contributed by atoms with Gasteiger partial charge in [-0.05, 0) is 66.3 Å². The molecular weight excluding hydrogens is 634 g/mol. The average molecular weight is 673 g/mol. The van der Waals surface area contributed by atoms with Crippen molar-refractivity contribution in [2.75, 3.05) is 23.0 Å². The number of nitrogens with zero attached hydrogens (tertiary/aromatic N) is 3. The van der Waals surface area contributed by atoms with Crippen LogP contribution in [0.1, 0.15) is 54.9 Å². The third-order valence-electron chi connectivity index (χ3n) is 9.38. The summed E-state index contributed by atoms with van der Waals surface area (Å²) >= 11 is 3.50. The third kappa shape index (κ3) is 5.96. The Hall–Kier alpha value is -3.79. The Morgan fingerprint density at radius 2 is 1.87 bits per heavy atom. The highest BCUT2D eigenvalue weighted by Crippen LogP contribution is 2.47. The molecule has 0 bridgehead atoms. The number of piperidine rings is 1. The molecule has 3 amide bonds. The van der Waals surface area contributed by atoms with E-state index >= 15 is 0 Å². The van der Waals surface area contributed by atoms with Crippen LogP contribution in [0.4, 0.5) is 11.4 Å². The number of carbonyl (C=O) groups excluding carboxylic acids is 3. The average Bonchev–Trinajstić information content (AvgIpc) is 3.26. The van der Waals surface area contributed by atoms with Gasteiger partial charge in [0.05, 0.1) is 24.9 Å². The van der Waals surface area contributed by atoms with Crippen molar-refractivity contribution >= 4 is 45.0 Å². The van der Waals surface area contributed by atoms with E-state index in [-0.39, 0.29) is 37.4 Å². The van der Waals surface area contributed by atoms with Crippen LogP contribution in [0, 0.1) is 5.92 Å². The van der Waals surface area contributed by atoms with Crippen molar-refractivity contribution in [3.63, 3.8) is 0 Å². The number of hydrogen-bond acceptors (Lipinski definition) is 5. The molecule has 9 heteroatoms. The van der Waals surface area contributed by atoms with Crippen LogP contribution >= 0.6 is 15.9 Å². The lowest BCUT2D eigenvalue weighted by molar-refractivity contribution is -0.139. The van der Waals surface area contributed by atoms with E-state index in [9.17, 15) is 24.6 Å². The van der Waals surface area contributed by atoms with Crippen LogP contribution in [-0.2, 0) is 39.5 Å². The Labute approximate surface area is 272 Å². The second kappa shape index (κ2) is 12.9. The predicted octanol–water partition coefficient (Wildman–Crippen LogP) is 5.23. The number of aliphatic hydroxyl groups excluding tert-OH is 1. The minimum atomic E-state index is -1.84. The first-order valence-electron chi connectivity index (χ1n) is 15.6. The summed E-state index contributed by atoms with van der Waals surface area (Å²) in [4.78, 5) is 45.0. The zero-order chi connectivity index (χ0) is 31.7. The molecule has 0 radical (unpaired) electrons. The zero-order valence-corrected chi connectivity index (χ0v) is 26.9. The molecule has 8 nitrogen and oxygen atoms in total. The third-order valence-corrected chi connectivity index (χ3v) is 9.87. The van der Waals surface area contributed by atoms with E-state index in [1.807, 2.05) is 60.7 Å². The van der Waals surface area contributed by atoms with Gasteiger partial charge in [0.2, 0.25) is 11.8 Å². The van der Waals surface area contributed by atoms with Crippen molar-refractivity contribution in [1.82, 2.24) is 4.90 Å². The molecule has 0 aliphatic carbocycles. The molecule has 0 spiro atoms. The summed E-state index contributed by atoms with van der Waals surface area (Å²) in [5.41, 5.74) is 3.18. The molecule has 0 saturated carbocycles. The topological polar surface area (TPSA) is 101 Å². The Morgan fingerprint density at radius 3 is 2.64 bits per heavy atom. The second-order valence-corrected chi connectivity index (χ2v) is 13.2. The maximum Gasteiger partial charge on any atom is 0.264 e. The van der Waals surface area contributed by atoms with Crippen LogP contribution in [0.3, 0.4) is 0 Å². The molecule has 3 atom stereocenters. The number of aliphatic hydroxyl groups is 2. The minimum absolute atomic E-state index is 0.0876. The molecule has 3 aromatic rings. The van der Waals surface area contributed by atoms with Gasteiger partial charge < -0.3 is 24.9 Å². The van der Waals surface area contributed by atoms with E-state index in [2.05, 4.69) is 15.9 Å². The number of fused-ring (bicyclic) bond motifs is 2. The van der Waals surface area contributed by atoms with Gasteiger partial charge in [-0.1, -0.05) is 71.4 Å². The molecule has 3 aliphatic rings. The summed E-state index contributed by atoms with van der Waals surface area (Å²) < 4.78 is 0.742. The van der Waals surface area contributed by atoms with E-state index in [1.54, 1.807) is 39.8 Å². The molecule has 6 rings (SSSR count). The maximum atomic E-state index is 14.1. The van der Waals surface area contributed by atoms with E-state index in [4.69, 9.17) is 0 Å². The molecular formula is C36H38BrN3O5. The molecule has 3 aromatic carbocycles. The fraction of sp³-hybridized carbons (Fsp3) is 0.361. The van der Waals surface area contributed by atoms with Gasteiger partial charge >= 0.3 is 0 Å². The minimum Gasteiger partial charge on any atom is -0.394 e. The van der Waals surface area contributed by atoms with Crippen molar-refractivity contribution in [1.29, 1.82) is 0 Å². The van der Waals surface area contributed by atoms with Gasteiger partial charge in [-0.15, -0.1) is 0 Å². The Morgan fingerprint density at radius 1 is 1.07 bits per heavy atom. The summed E-state index contributed by atoms with van der Waals surface area (Å²) in [7, 11) is 0. The lowest BCUT2D eigenvalue weighted by atomic mass is 9.83. The number of halogens is 1. The number of anilines is 2. The zero-order valence-electron chi connectivity index (χ0n) is 25.4. The summed E-state index contributed by atoms with van der Waals surface area (Å²) in [5, 5.41) is 22.1. The van der Waals surface area contributed by atoms with Gasteiger partial charge in [0, 0.05) is 47.6 Å². The number of carbonyl (C=O) groups is 3. The van der Waals surface area contributed by atoms with Crippen LogP contribution < -0.4 is 9.80 Å². The molecule has 0 unspecified atom stereocenters. The van der Waals surface area contributed by atoms with Crippen molar-refractivity contribution in [2.24, 2.45) is 5.92 Å². The van der Waals surface area contributed by atoms with Gasteiger partial charge in [-0.25, -0.2) is 0 Å². The van der Waals surface area contributed by atoms with Crippen molar-refractivity contribution in [3.05, 3.63) is 106 Å². The Kier molecular flexibility index (Phi) is 8.95. The number of benzene rings is 3. The number of rotatable bonds is 8. The van der Waals surface area contributed by atoms with Crippen molar-refractivity contribution in [3.8, 4) is 0 Å². The molecule has 0 aromatic heterocycles. The lowest BCUT2D eigenvalue weighted by Crippen LogP contribution is -2.46. The quantitative estimate of drug-likeness (QED) is 0.320. The number of hydrogen-bond donors (Lipinski definition) is 2. The van der Waals surface area contributed by atoms with Crippen LogP contribution in [0.25, 0.3) is 0 Å². The maximum absolute atomic E-state index is 14.1. The molecule has 3 aliphatic heterocycles. The summed E-state index contributed by atoms with van der Waals surface area (Å²) in [5.74, 6) is -1.08. The number of amides is 3. The van der Waals surface area contributed by atoms with Gasteiger partial charge in [0.1, 0.15) is 0 Å². The second-order valence-electron chi connectivity index (χ2n) is 12.2. The highest BCUT2D eigenvalue weighted by Gasteiger charge is 2.52. The highest BCUT2D eigenvalue weighted by molar-refractivity contribution is 9.10. The largest absolute Gasteiger partial charge is 0.394 e. The molecule has 234 valence electrons. The van der Waals surface area contributed by atoms with Gasteiger partial charge in [-0.3, -0.25) is 14.4 Å². The first-order valence-corrected chi connectivity index (χ1v) is 16.4. The molecule has 1 saturated heterocycles. The highest BCUT2D eigenvalue weighted by atomic mass is 79.9. The monoisotopic (exact) mass is 671 g/mol. The van der Waals surface area contributed by atoms with E-state index in [1.165, 1.54) is 0 Å². The molecule has 45 heavy (non-hydrogen) atoms. The molecule has 1 fully saturated rings. The fourth-order valence-electron chi connectivity index (χ4n) is 6.83. The van der Waals surface area contributed by atoms with Crippen LogP contribution in [0.5, 0.6) is 0 Å². The van der Waals surface area contributed by atoms with E-state index in [0.29, 0.717) is 37.2 Å². The Balaban J connectivity index is 1.20. The predicted molar refractivity (Wildman–Crippen MR) is 176 cm³/mol. The van der Waals surface area contributed by atoms with Gasteiger partial charge in [0.25, 0.3) is 5.91 Å². The summed E-state index contributed by atoms with van der Waals surface area (Å²) in [6, 6.07) is 20.8. The standard InChI is InChI=1S/C36H38BrN3O5/c1-24(8-6-14-34(43)39-22-27-11-3-2-10-26(27)19-30(39)23-41)36(45)31-20-28(37)15-16-32(31)40(35(36)44)21-25-9-7-12-29(18-25)38-17-5-4-13-33(38)42/h2-3,6-12,15-16,18,20,24,30,41,45H,4-5,13-14,17,19,21-23H2,1H3/b8-6+/t24-,30-,36+/m0/s1.